The van der Waals surface area contributed by atoms with Crippen LogP contribution < -0.4 is 16.0 Å². The van der Waals surface area contributed by atoms with Crippen molar-refractivity contribution in [3.8, 4) is 0 Å². The second kappa shape index (κ2) is 13.6. The molecule has 0 aliphatic heterocycles. The van der Waals surface area contributed by atoms with E-state index in [4.69, 9.17) is 0 Å². The Bertz CT molecular complexity index is 1460. The van der Waals surface area contributed by atoms with Crippen molar-refractivity contribution in [2.75, 3.05) is 16.4 Å². The molecule has 4 aromatic rings. The first-order valence-electron chi connectivity index (χ1n) is 12.5. The number of rotatable bonds is 10. The fraction of sp³-hybridized carbons (Fsp3) is 0.129. The summed E-state index contributed by atoms with van der Waals surface area (Å²) in [5.41, 5.74) is 5.03. The van der Waals surface area contributed by atoms with Gasteiger partial charge in [-0.3, -0.25) is 14.4 Å². The molecule has 1 heterocycles. The number of carbonyl (C=O) groups excluding carboxylic acids is 3. The van der Waals surface area contributed by atoms with E-state index in [1.54, 1.807) is 42.5 Å². The predicted octanol–water partition coefficient (Wildman–Crippen LogP) is 6.76. The molecule has 0 atom stereocenters. The smallest absolute Gasteiger partial charge is 0.272 e. The van der Waals surface area contributed by atoms with Crippen LogP contribution in [0.2, 0.25) is 0 Å². The summed E-state index contributed by atoms with van der Waals surface area (Å²) in [6.07, 6.45) is 2.49. The molecular formula is C31H29N3O3S2. The van der Waals surface area contributed by atoms with Gasteiger partial charge in [0.05, 0.1) is 5.75 Å². The number of hydrogen-bond acceptors (Lipinski definition) is 5. The van der Waals surface area contributed by atoms with Gasteiger partial charge in [0, 0.05) is 21.8 Å². The van der Waals surface area contributed by atoms with Crippen LogP contribution in [0.1, 0.15) is 34.0 Å². The number of amides is 3. The van der Waals surface area contributed by atoms with Crippen molar-refractivity contribution in [3.63, 3.8) is 0 Å². The molecule has 0 spiro atoms. The number of thioether (sulfide) groups is 1. The molecule has 3 amide bonds. The van der Waals surface area contributed by atoms with Crippen LogP contribution in [0.25, 0.3) is 6.08 Å². The highest BCUT2D eigenvalue weighted by atomic mass is 32.2. The van der Waals surface area contributed by atoms with Gasteiger partial charge in [0.1, 0.15) is 5.70 Å². The van der Waals surface area contributed by atoms with E-state index in [9.17, 15) is 14.4 Å². The zero-order valence-corrected chi connectivity index (χ0v) is 23.3. The van der Waals surface area contributed by atoms with E-state index < -0.39 is 5.91 Å². The van der Waals surface area contributed by atoms with Gasteiger partial charge in [-0.05, 0) is 89.3 Å². The van der Waals surface area contributed by atoms with Crippen molar-refractivity contribution in [1.82, 2.24) is 5.32 Å². The molecule has 3 N–H and O–H groups in total. The molecule has 0 saturated carbocycles. The number of hydrogen-bond donors (Lipinski definition) is 3. The number of anilines is 2. The van der Waals surface area contributed by atoms with Crippen molar-refractivity contribution in [1.29, 1.82) is 0 Å². The summed E-state index contributed by atoms with van der Waals surface area (Å²) in [4.78, 5) is 39.3. The van der Waals surface area contributed by atoms with Gasteiger partial charge < -0.3 is 16.0 Å². The first kappa shape index (κ1) is 27.9. The number of thiophene rings is 1. The highest BCUT2D eigenvalue weighted by Crippen LogP contribution is 2.24. The molecule has 6 nitrogen and oxygen atoms in total. The van der Waals surface area contributed by atoms with Gasteiger partial charge in [0.2, 0.25) is 5.91 Å². The monoisotopic (exact) mass is 555 g/mol. The van der Waals surface area contributed by atoms with Crippen LogP contribution in [-0.2, 0) is 16.0 Å². The number of benzene rings is 3. The van der Waals surface area contributed by atoms with Crippen molar-refractivity contribution < 1.29 is 14.4 Å². The van der Waals surface area contributed by atoms with Gasteiger partial charge in [-0.2, -0.15) is 11.3 Å². The van der Waals surface area contributed by atoms with Gasteiger partial charge >= 0.3 is 0 Å². The maximum Gasteiger partial charge on any atom is 0.272 e. The Morgan fingerprint density at radius 1 is 0.897 bits per heavy atom. The third-order valence-corrected chi connectivity index (χ3v) is 7.58. The molecule has 0 unspecified atom stereocenters. The summed E-state index contributed by atoms with van der Waals surface area (Å²) in [7, 11) is 0. The summed E-state index contributed by atoms with van der Waals surface area (Å²) in [5.74, 6) is -0.606. The Balaban J connectivity index is 1.37. The first-order valence-corrected chi connectivity index (χ1v) is 14.4. The number of carbonyl (C=O) groups is 3. The minimum atomic E-state index is -0.435. The van der Waals surface area contributed by atoms with E-state index in [-0.39, 0.29) is 23.3 Å². The van der Waals surface area contributed by atoms with E-state index in [0.717, 1.165) is 33.7 Å². The lowest BCUT2D eigenvalue weighted by molar-refractivity contribution is -0.114. The average Bonchev–Trinajstić information content (AvgIpc) is 3.47. The quantitative estimate of drug-likeness (QED) is 0.149. The van der Waals surface area contributed by atoms with Gasteiger partial charge in [0.25, 0.3) is 11.8 Å². The second-order valence-electron chi connectivity index (χ2n) is 8.71. The Morgan fingerprint density at radius 2 is 1.67 bits per heavy atom. The molecule has 0 aliphatic rings. The Labute approximate surface area is 236 Å². The SMILES string of the molecule is CCc1cccc(C)c1NC(=O)CSc1ccc(NC(=O)/C(=C/c2ccsc2)NC(=O)c2ccccc2)cc1. The van der Waals surface area contributed by atoms with Crippen LogP contribution >= 0.6 is 23.1 Å². The van der Waals surface area contributed by atoms with Crippen LogP contribution in [-0.4, -0.2) is 23.5 Å². The van der Waals surface area contributed by atoms with Gasteiger partial charge in [-0.1, -0.05) is 43.3 Å². The summed E-state index contributed by atoms with van der Waals surface area (Å²) >= 11 is 2.92. The van der Waals surface area contributed by atoms with Gasteiger partial charge in [0.15, 0.2) is 0 Å². The molecule has 0 radical (unpaired) electrons. The molecule has 3 aromatic carbocycles. The van der Waals surface area contributed by atoms with E-state index in [2.05, 4.69) is 22.9 Å². The third-order valence-electron chi connectivity index (χ3n) is 5.87. The molecule has 4 rings (SSSR count). The largest absolute Gasteiger partial charge is 0.325 e. The minimum Gasteiger partial charge on any atom is -0.325 e. The highest BCUT2D eigenvalue weighted by Gasteiger charge is 2.15. The molecule has 198 valence electrons. The van der Waals surface area contributed by atoms with Crippen LogP contribution in [0.5, 0.6) is 0 Å². The summed E-state index contributed by atoms with van der Waals surface area (Å²) < 4.78 is 0. The number of nitrogens with one attached hydrogen (secondary N) is 3. The van der Waals surface area contributed by atoms with Crippen molar-refractivity contribution >= 4 is 58.3 Å². The maximum absolute atomic E-state index is 13.1. The zero-order chi connectivity index (χ0) is 27.6. The van der Waals surface area contributed by atoms with E-state index in [1.165, 1.54) is 23.1 Å². The Kier molecular flexibility index (Phi) is 9.72. The van der Waals surface area contributed by atoms with E-state index in [0.29, 0.717) is 11.3 Å². The lowest BCUT2D eigenvalue weighted by Gasteiger charge is -2.13. The van der Waals surface area contributed by atoms with E-state index >= 15 is 0 Å². The van der Waals surface area contributed by atoms with Crippen LogP contribution in [0.4, 0.5) is 11.4 Å². The van der Waals surface area contributed by atoms with E-state index in [1.807, 2.05) is 60.1 Å². The molecule has 0 fully saturated rings. The van der Waals surface area contributed by atoms with Crippen molar-refractivity contribution in [2.24, 2.45) is 0 Å². The Morgan fingerprint density at radius 3 is 2.36 bits per heavy atom. The number of aryl methyl sites for hydroxylation is 2. The summed E-state index contributed by atoms with van der Waals surface area (Å²) in [5, 5.41) is 12.4. The van der Waals surface area contributed by atoms with Crippen LogP contribution in [0.3, 0.4) is 0 Å². The topological polar surface area (TPSA) is 87.3 Å². The van der Waals surface area contributed by atoms with Crippen molar-refractivity contribution in [2.45, 2.75) is 25.2 Å². The maximum atomic E-state index is 13.1. The molecule has 39 heavy (non-hydrogen) atoms. The lowest BCUT2D eigenvalue weighted by atomic mass is 10.1. The minimum absolute atomic E-state index is 0.0706. The molecule has 1 aromatic heterocycles. The fourth-order valence-corrected chi connectivity index (χ4v) is 5.14. The highest BCUT2D eigenvalue weighted by molar-refractivity contribution is 8.00. The molecule has 8 heteroatoms. The normalized spacial score (nSPS) is 11.1. The van der Waals surface area contributed by atoms with Crippen LogP contribution in [0.15, 0.2) is 100 Å². The fourth-order valence-electron chi connectivity index (χ4n) is 3.83. The average molecular weight is 556 g/mol. The molecule has 0 aliphatic carbocycles. The summed E-state index contributed by atoms with van der Waals surface area (Å²) in [6.45, 7) is 4.06. The molecule has 0 saturated heterocycles. The third kappa shape index (κ3) is 7.92. The zero-order valence-electron chi connectivity index (χ0n) is 21.7. The molecule has 0 bridgehead atoms. The van der Waals surface area contributed by atoms with Crippen molar-refractivity contribution in [3.05, 3.63) is 118 Å². The first-order chi connectivity index (χ1) is 18.9. The second-order valence-corrected chi connectivity index (χ2v) is 10.5. The Hall–Kier alpha value is -4.14. The van der Waals surface area contributed by atoms with Gasteiger partial charge in [-0.15, -0.1) is 11.8 Å². The standard InChI is InChI=1S/C31H29N3O3S2/c1-3-23-11-7-8-21(2)29(23)34-28(35)20-39-26-14-12-25(13-15-26)32-31(37)27(18-22-16-17-38-19-22)33-30(36)24-9-5-4-6-10-24/h4-19H,3,20H2,1-2H3,(H,32,37)(H,33,36)(H,34,35)/b27-18-. The number of para-hydroxylation sites is 1. The lowest BCUT2D eigenvalue weighted by Crippen LogP contribution is -2.30. The summed E-state index contributed by atoms with van der Waals surface area (Å²) in [6, 6.07) is 23.9. The van der Waals surface area contributed by atoms with Crippen LogP contribution in [0, 0.1) is 6.92 Å². The molecular weight excluding hydrogens is 526 g/mol. The van der Waals surface area contributed by atoms with Gasteiger partial charge in [-0.25, -0.2) is 0 Å². The predicted molar refractivity (Wildman–Crippen MR) is 161 cm³/mol.